The van der Waals surface area contributed by atoms with Crippen LogP contribution in [-0.2, 0) is 0 Å². The molecule has 1 aromatic carbocycles. The summed E-state index contributed by atoms with van der Waals surface area (Å²) in [4.78, 5) is 12.2. The average molecular weight is 351 g/mol. The van der Waals surface area contributed by atoms with E-state index in [4.69, 9.17) is 11.6 Å². The van der Waals surface area contributed by atoms with Crippen molar-refractivity contribution in [3.8, 4) is 0 Å². The topological polar surface area (TPSA) is 29.1 Å². The van der Waals surface area contributed by atoms with E-state index in [0.717, 1.165) is 18.9 Å². The van der Waals surface area contributed by atoms with Gasteiger partial charge in [0.2, 0.25) is 0 Å². The van der Waals surface area contributed by atoms with Gasteiger partial charge in [-0.2, -0.15) is 0 Å². The van der Waals surface area contributed by atoms with Gasteiger partial charge in [-0.25, -0.2) is 4.39 Å². The summed E-state index contributed by atoms with van der Waals surface area (Å²) in [7, 11) is 0. The number of benzene rings is 1. The Kier molecular flexibility index (Phi) is 6.80. The van der Waals surface area contributed by atoms with Crippen molar-refractivity contribution in [3.63, 3.8) is 0 Å². The monoisotopic (exact) mass is 349 g/mol. The van der Waals surface area contributed by atoms with E-state index in [2.05, 4.69) is 35.1 Å². The first-order valence-electron chi connectivity index (χ1n) is 6.36. The van der Waals surface area contributed by atoms with Crippen LogP contribution in [0.1, 0.15) is 37.0 Å². The number of carbonyl (C=O) groups excluding carboxylic acids is 1. The summed E-state index contributed by atoms with van der Waals surface area (Å²) in [6.45, 7) is 4.78. The van der Waals surface area contributed by atoms with Gasteiger partial charge in [-0.1, -0.05) is 54.2 Å². The Hall–Kier alpha value is -0.610. The van der Waals surface area contributed by atoms with E-state index in [1.807, 2.05) is 0 Å². The quantitative estimate of drug-likeness (QED) is 0.757. The van der Waals surface area contributed by atoms with Gasteiger partial charge in [-0.15, -0.1) is 0 Å². The number of hydrogen-bond donors (Lipinski definition) is 1. The van der Waals surface area contributed by atoms with Crippen molar-refractivity contribution in [3.05, 3.63) is 34.6 Å². The minimum atomic E-state index is -0.447. The van der Waals surface area contributed by atoms with E-state index in [9.17, 15) is 9.18 Å². The van der Waals surface area contributed by atoms with E-state index >= 15 is 0 Å². The summed E-state index contributed by atoms with van der Waals surface area (Å²) in [6.07, 6.45) is 2.11. The molecular formula is C14H18BrClFNO. The van der Waals surface area contributed by atoms with Crippen molar-refractivity contribution in [1.29, 1.82) is 0 Å². The molecule has 0 aliphatic heterocycles. The maximum atomic E-state index is 12.9. The van der Waals surface area contributed by atoms with Crippen LogP contribution in [0.3, 0.4) is 0 Å². The van der Waals surface area contributed by atoms with E-state index in [0.29, 0.717) is 18.0 Å². The van der Waals surface area contributed by atoms with Crippen molar-refractivity contribution < 1.29 is 9.18 Å². The van der Waals surface area contributed by atoms with E-state index in [-0.39, 0.29) is 15.8 Å². The van der Waals surface area contributed by atoms with Crippen LogP contribution in [0, 0.1) is 11.7 Å². The van der Waals surface area contributed by atoms with Gasteiger partial charge in [-0.3, -0.25) is 4.79 Å². The molecule has 106 valence electrons. The van der Waals surface area contributed by atoms with Crippen LogP contribution in [0.4, 0.5) is 4.39 Å². The molecule has 0 bridgehead atoms. The Labute approximate surface area is 126 Å². The molecule has 0 saturated carbocycles. The minimum absolute atomic E-state index is 0.131. The Morgan fingerprint density at radius 2 is 2.05 bits per heavy atom. The summed E-state index contributed by atoms with van der Waals surface area (Å²) in [5.74, 6) is -0.207. The average Bonchev–Trinajstić information content (AvgIpc) is 2.37. The summed E-state index contributed by atoms with van der Waals surface area (Å²) < 4.78 is 12.9. The molecule has 2 nitrogen and oxygen atoms in total. The summed E-state index contributed by atoms with van der Waals surface area (Å²) in [5, 5.41) is 2.95. The number of hydrogen-bond acceptors (Lipinski definition) is 1. The lowest BCUT2D eigenvalue weighted by Crippen LogP contribution is -2.33. The normalized spacial score (nSPS) is 12.5. The van der Waals surface area contributed by atoms with E-state index < -0.39 is 5.82 Å². The fraction of sp³-hybridized carbons (Fsp3) is 0.500. The van der Waals surface area contributed by atoms with Crippen LogP contribution in [0.5, 0.6) is 0 Å². The van der Waals surface area contributed by atoms with Gasteiger partial charge in [0, 0.05) is 11.4 Å². The molecule has 1 atom stereocenters. The molecular weight excluding hydrogens is 333 g/mol. The molecule has 19 heavy (non-hydrogen) atoms. The van der Waals surface area contributed by atoms with Crippen LogP contribution in [0.15, 0.2) is 18.2 Å². The van der Waals surface area contributed by atoms with Crippen molar-refractivity contribution in [2.24, 2.45) is 5.92 Å². The van der Waals surface area contributed by atoms with Crippen molar-refractivity contribution in [1.82, 2.24) is 5.32 Å². The van der Waals surface area contributed by atoms with Gasteiger partial charge in [0.25, 0.3) is 5.91 Å². The number of nitrogens with one attached hydrogen (secondary N) is 1. The third-order valence-corrected chi connectivity index (χ3v) is 4.58. The summed E-state index contributed by atoms with van der Waals surface area (Å²) in [5.41, 5.74) is 0.298. The van der Waals surface area contributed by atoms with Crippen molar-refractivity contribution in [2.75, 3.05) is 6.54 Å². The molecule has 0 spiro atoms. The standard InChI is InChI=1S/C14H18BrClFNO/c1-3-9(4-2)12(15)8-18-14(19)11-6-5-10(17)7-13(11)16/h5-7,9,12H,3-4,8H2,1-2H3,(H,18,19). The van der Waals surface area contributed by atoms with Gasteiger partial charge in [-0.05, 0) is 24.1 Å². The van der Waals surface area contributed by atoms with Crippen LogP contribution < -0.4 is 5.32 Å². The fourth-order valence-electron chi connectivity index (χ4n) is 1.93. The number of carbonyl (C=O) groups is 1. The van der Waals surface area contributed by atoms with E-state index in [1.165, 1.54) is 12.1 Å². The Balaban J connectivity index is 2.60. The molecule has 1 aromatic rings. The molecule has 1 unspecified atom stereocenters. The second kappa shape index (κ2) is 7.85. The highest BCUT2D eigenvalue weighted by Crippen LogP contribution is 2.20. The molecule has 0 radical (unpaired) electrons. The zero-order chi connectivity index (χ0) is 14.4. The van der Waals surface area contributed by atoms with Gasteiger partial charge in [0.05, 0.1) is 10.6 Å². The highest BCUT2D eigenvalue weighted by Gasteiger charge is 2.17. The fourth-order valence-corrected chi connectivity index (χ4v) is 3.09. The molecule has 0 aromatic heterocycles. The van der Waals surface area contributed by atoms with Gasteiger partial charge < -0.3 is 5.32 Å². The molecule has 1 amide bonds. The van der Waals surface area contributed by atoms with Crippen LogP contribution in [-0.4, -0.2) is 17.3 Å². The zero-order valence-corrected chi connectivity index (χ0v) is 13.4. The first kappa shape index (κ1) is 16.4. The SMILES string of the molecule is CCC(CC)C(Br)CNC(=O)c1ccc(F)cc1Cl. The first-order valence-corrected chi connectivity index (χ1v) is 7.66. The largest absolute Gasteiger partial charge is 0.351 e. The highest BCUT2D eigenvalue weighted by molar-refractivity contribution is 9.09. The predicted molar refractivity (Wildman–Crippen MR) is 80.5 cm³/mol. The summed E-state index contributed by atoms with van der Waals surface area (Å²) >= 11 is 9.43. The molecule has 1 rings (SSSR count). The third-order valence-electron chi connectivity index (χ3n) is 3.19. The Morgan fingerprint density at radius 1 is 1.42 bits per heavy atom. The van der Waals surface area contributed by atoms with E-state index in [1.54, 1.807) is 0 Å². The third kappa shape index (κ3) is 4.77. The van der Waals surface area contributed by atoms with Gasteiger partial charge >= 0.3 is 0 Å². The van der Waals surface area contributed by atoms with Crippen molar-refractivity contribution >= 4 is 33.4 Å². The molecule has 0 fully saturated rings. The van der Waals surface area contributed by atoms with Gasteiger partial charge in [0.15, 0.2) is 0 Å². The molecule has 5 heteroatoms. The smallest absolute Gasteiger partial charge is 0.252 e. The lowest BCUT2D eigenvalue weighted by Gasteiger charge is -2.20. The second-order valence-corrected chi connectivity index (χ2v) is 6.01. The predicted octanol–water partition coefficient (Wildman–Crippen LogP) is 4.41. The maximum Gasteiger partial charge on any atom is 0.252 e. The van der Waals surface area contributed by atoms with Crippen LogP contribution >= 0.6 is 27.5 Å². The number of alkyl halides is 1. The lowest BCUT2D eigenvalue weighted by atomic mass is 9.99. The number of rotatable bonds is 6. The molecule has 0 saturated heterocycles. The first-order chi connectivity index (χ1) is 8.99. The van der Waals surface area contributed by atoms with Crippen LogP contribution in [0.2, 0.25) is 5.02 Å². The van der Waals surface area contributed by atoms with Crippen molar-refractivity contribution in [2.45, 2.75) is 31.5 Å². The highest BCUT2D eigenvalue weighted by atomic mass is 79.9. The lowest BCUT2D eigenvalue weighted by molar-refractivity contribution is 0.0952. The molecule has 0 heterocycles. The maximum absolute atomic E-state index is 12.9. The summed E-state index contributed by atoms with van der Waals surface area (Å²) in [6, 6.07) is 3.77. The Morgan fingerprint density at radius 3 is 2.58 bits per heavy atom. The molecule has 1 N–H and O–H groups in total. The van der Waals surface area contributed by atoms with Gasteiger partial charge in [0.1, 0.15) is 5.82 Å². The minimum Gasteiger partial charge on any atom is -0.351 e. The zero-order valence-electron chi connectivity index (χ0n) is 11.1. The number of halogens is 3. The van der Waals surface area contributed by atoms with Crippen LogP contribution in [0.25, 0.3) is 0 Å². The Bertz CT molecular complexity index is 437. The molecule has 0 aliphatic rings. The molecule has 0 aliphatic carbocycles. The number of amides is 1. The second-order valence-electron chi connectivity index (χ2n) is 4.43.